The molecule has 0 aliphatic rings. The summed E-state index contributed by atoms with van der Waals surface area (Å²) < 4.78 is 5.42. The summed E-state index contributed by atoms with van der Waals surface area (Å²) in [7, 11) is 1.50. The zero-order chi connectivity index (χ0) is 25.2. The maximum atomic E-state index is 13.3. The number of nitrogens with zero attached hydrogens (tertiary/aromatic N) is 7. The van der Waals surface area contributed by atoms with Crippen LogP contribution in [0.5, 0.6) is 5.75 Å². The first kappa shape index (κ1) is 23.2. The predicted molar refractivity (Wildman–Crippen MR) is 135 cm³/mol. The van der Waals surface area contributed by atoms with E-state index in [1.807, 2.05) is 13.0 Å². The average molecular weight is 515 g/mol. The van der Waals surface area contributed by atoms with Gasteiger partial charge in [0.25, 0.3) is 5.91 Å². The minimum Gasteiger partial charge on any atom is -0.494 e. The summed E-state index contributed by atoms with van der Waals surface area (Å²) >= 11 is 7.09. The minimum absolute atomic E-state index is 0.195. The van der Waals surface area contributed by atoms with Crippen LogP contribution in [-0.2, 0) is 0 Å². The first-order valence-electron chi connectivity index (χ1n) is 10.4. The number of thiazole rings is 1. The molecule has 0 bridgehead atoms. The van der Waals surface area contributed by atoms with Gasteiger partial charge in [0.05, 0.1) is 35.8 Å². The Bertz CT molecular complexity index is 1660. The van der Waals surface area contributed by atoms with Crippen molar-refractivity contribution in [2.24, 2.45) is 0 Å². The summed E-state index contributed by atoms with van der Waals surface area (Å²) in [6, 6.07) is 8.80. The van der Waals surface area contributed by atoms with Gasteiger partial charge in [-0.25, -0.2) is 15.0 Å². The molecule has 12 heteroatoms. The highest BCUT2D eigenvalue weighted by Gasteiger charge is 2.20. The molecule has 36 heavy (non-hydrogen) atoms. The molecule has 0 saturated carbocycles. The van der Waals surface area contributed by atoms with Crippen LogP contribution in [0.4, 0.5) is 5.13 Å². The molecule has 1 amide bonds. The first-order chi connectivity index (χ1) is 17.4. The highest BCUT2D eigenvalue weighted by Crippen LogP contribution is 2.33. The van der Waals surface area contributed by atoms with Crippen molar-refractivity contribution in [3.8, 4) is 34.3 Å². The van der Waals surface area contributed by atoms with Gasteiger partial charge in [-0.05, 0) is 31.2 Å². The van der Waals surface area contributed by atoms with Crippen molar-refractivity contribution in [2.75, 3.05) is 12.4 Å². The zero-order valence-electron chi connectivity index (χ0n) is 18.9. The number of hydrogen-bond donors (Lipinski definition) is 1. The summed E-state index contributed by atoms with van der Waals surface area (Å²) in [5.74, 6) is -0.0149. The molecule has 10 nitrogen and oxygen atoms in total. The third-order valence-corrected chi connectivity index (χ3v) is 6.19. The first-order valence-corrected chi connectivity index (χ1v) is 11.6. The number of rotatable bonds is 5. The van der Waals surface area contributed by atoms with Crippen molar-refractivity contribution < 1.29 is 9.53 Å². The van der Waals surface area contributed by atoms with Crippen LogP contribution in [0.1, 0.15) is 21.7 Å². The molecule has 0 aromatic carbocycles. The van der Waals surface area contributed by atoms with E-state index in [1.54, 1.807) is 30.5 Å². The number of nitriles is 1. The molecule has 1 N–H and O–H groups in total. The molecule has 0 spiro atoms. The minimum atomic E-state index is -0.437. The Morgan fingerprint density at radius 1 is 1.03 bits per heavy atom. The van der Waals surface area contributed by atoms with Crippen LogP contribution in [0.3, 0.4) is 0 Å². The summed E-state index contributed by atoms with van der Waals surface area (Å²) in [4.78, 5) is 39.7. The molecule has 5 heterocycles. The second kappa shape index (κ2) is 9.61. The molecule has 0 radical (unpaired) electrons. The predicted octanol–water partition coefficient (Wildman–Crippen LogP) is 4.70. The van der Waals surface area contributed by atoms with Crippen molar-refractivity contribution in [1.82, 2.24) is 29.9 Å². The lowest BCUT2D eigenvalue weighted by atomic mass is 9.99. The Kier molecular flexibility index (Phi) is 6.20. The van der Waals surface area contributed by atoms with Crippen molar-refractivity contribution in [2.45, 2.75) is 6.92 Å². The SMILES string of the molecule is COc1cnc(C#N)cc1-c1cc(C)ncc1C(=O)Nc1nc2ncc(-c3ccc(Cl)cn3)nc2s1. The van der Waals surface area contributed by atoms with Gasteiger partial charge in [-0.1, -0.05) is 22.9 Å². The van der Waals surface area contributed by atoms with Gasteiger partial charge < -0.3 is 4.74 Å². The number of amides is 1. The molecule has 0 aliphatic heterocycles. The molecule has 176 valence electrons. The molecule has 0 aliphatic carbocycles. The van der Waals surface area contributed by atoms with Gasteiger partial charge in [0.15, 0.2) is 15.6 Å². The van der Waals surface area contributed by atoms with Crippen molar-refractivity contribution in [3.05, 3.63) is 71.0 Å². The topological polar surface area (TPSA) is 139 Å². The Balaban J connectivity index is 1.49. The Hall–Kier alpha value is -4.53. The fourth-order valence-corrected chi connectivity index (χ4v) is 4.34. The monoisotopic (exact) mass is 514 g/mol. The van der Waals surface area contributed by atoms with E-state index in [1.165, 1.54) is 37.0 Å². The highest BCUT2D eigenvalue weighted by molar-refractivity contribution is 7.21. The van der Waals surface area contributed by atoms with Crippen LogP contribution >= 0.6 is 22.9 Å². The molecule has 5 aromatic heterocycles. The quantitative estimate of drug-likeness (QED) is 0.353. The van der Waals surface area contributed by atoms with Crippen LogP contribution < -0.4 is 10.1 Å². The normalized spacial score (nSPS) is 10.7. The van der Waals surface area contributed by atoms with Crippen molar-refractivity contribution in [1.29, 1.82) is 5.26 Å². The number of aromatic nitrogens is 6. The van der Waals surface area contributed by atoms with E-state index in [2.05, 4.69) is 35.2 Å². The number of methoxy groups -OCH3 is 1. The number of fused-ring (bicyclic) bond motifs is 1. The van der Waals surface area contributed by atoms with E-state index >= 15 is 0 Å². The highest BCUT2D eigenvalue weighted by atomic mass is 35.5. The number of nitrogens with one attached hydrogen (secondary N) is 1. The van der Waals surface area contributed by atoms with Gasteiger partial charge >= 0.3 is 0 Å². The number of ether oxygens (including phenoxy) is 1. The number of carbonyl (C=O) groups is 1. The lowest BCUT2D eigenvalue weighted by Gasteiger charge is -2.13. The van der Waals surface area contributed by atoms with Crippen LogP contribution in [0.2, 0.25) is 5.02 Å². The second-order valence-electron chi connectivity index (χ2n) is 7.47. The summed E-state index contributed by atoms with van der Waals surface area (Å²) in [6.45, 7) is 1.81. The average Bonchev–Trinajstić information content (AvgIpc) is 3.30. The molecule has 5 rings (SSSR count). The Labute approximate surface area is 213 Å². The van der Waals surface area contributed by atoms with Gasteiger partial charge in [-0.2, -0.15) is 10.2 Å². The second-order valence-corrected chi connectivity index (χ2v) is 8.89. The summed E-state index contributed by atoms with van der Waals surface area (Å²) in [6.07, 6.45) is 6.02. The van der Waals surface area contributed by atoms with Crippen LogP contribution in [-0.4, -0.2) is 42.9 Å². The number of anilines is 1. The molecule has 0 unspecified atom stereocenters. The number of aryl methyl sites for hydroxylation is 1. The van der Waals surface area contributed by atoms with Gasteiger partial charge in [0, 0.05) is 29.2 Å². The van der Waals surface area contributed by atoms with E-state index in [0.717, 1.165) is 0 Å². The molecular formula is C24H15ClN8O2S. The fraction of sp³-hybridized carbons (Fsp3) is 0.0833. The number of carbonyl (C=O) groups excluding carboxylic acids is 1. The van der Waals surface area contributed by atoms with E-state index in [-0.39, 0.29) is 11.3 Å². The van der Waals surface area contributed by atoms with Gasteiger partial charge in [0.2, 0.25) is 0 Å². The van der Waals surface area contributed by atoms with Crippen LogP contribution in [0.15, 0.2) is 49.1 Å². The summed E-state index contributed by atoms with van der Waals surface area (Å²) in [5, 5.41) is 12.9. The van der Waals surface area contributed by atoms with Crippen LogP contribution in [0.25, 0.3) is 33.0 Å². The lowest BCUT2D eigenvalue weighted by molar-refractivity contribution is 0.102. The number of hydrogen-bond acceptors (Lipinski definition) is 10. The van der Waals surface area contributed by atoms with E-state index in [0.29, 0.717) is 54.6 Å². The third kappa shape index (κ3) is 4.55. The number of pyridine rings is 3. The van der Waals surface area contributed by atoms with Crippen molar-refractivity contribution >= 4 is 44.5 Å². The van der Waals surface area contributed by atoms with E-state index < -0.39 is 5.91 Å². The van der Waals surface area contributed by atoms with Crippen LogP contribution in [0, 0.1) is 18.3 Å². The Morgan fingerprint density at radius 3 is 2.64 bits per heavy atom. The maximum Gasteiger partial charge on any atom is 0.259 e. The van der Waals surface area contributed by atoms with Gasteiger partial charge in [-0.3, -0.25) is 20.1 Å². The van der Waals surface area contributed by atoms with E-state index in [4.69, 9.17) is 16.3 Å². The van der Waals surface area contributed by atoms with Crippen molar-refractivity contribution in [3.63, 3.8) is 0 Å². The molecule has 0 atom stereocenters. The molecule has 0 saturated heterocycles. The van der Waals surface area contributed by atoms with Gasteiger partial charge in [0.1, 0.15) is 23.2 Å². The Morgan fingerprint density at radius 2 is 1.89 bits per heavy atom. The zero-order valence-corrected chi connectivity index (χ0v) is 20.4. The number of halogens is 1. The maximum absolute atomic E-state index is 13.3. The van der Waals surface area contributed by atoms with E-state index in [9.17, 15) is 10.1 Å². The fourth-order valence-electron chi connectivity index (χ4n) is 3.43. The lowest BCUT2D eigenvalue weighted by Crippen LogP contribution is -2.14. The third-order valence-electron chi connectivity index (χ3n) is 5.11. The molecule has 5 aromatic rings. The molecule has 0 fully saturated rings. The largest absolute Gasteiger partial charge is 0.494 e. The smallest absolute Gasteiger partial charge is 0.259 e. The summed E-state index contributed by atoms with van der Waals surface area (Å²) in [5.41, 5.74) is 3.83. The standard InChI is InChI=1S/C24H15ClN8O2S/c1-12-5-15(16-6-14(7-26)28-11-20(16)35-2)17(9-27-12)22(34)33-24-32-21-23(36-24)31-19(10-30-21)18-4-3-13(25)8-29-18/h3-6,8-11H,1-2H3,(H,30,32,33,34). The van der Waals surface area contributed by atoms with Gasteiger partial charge in [-0.15, -0.1) is 0 Å². The molecular weight excluding hydrogens is 500 g/mol.